The Labute approximate surface area is 129 Å². The van der Waals surface area contributed by atoms with Crippen LogP contribution in [0.5, 0.6) is 0 Å². The van der Waals surface area contributed by atoms with Crippen LogP contribution in [0.25, 0.3) is 0 Å². The molecule has 1 heterocycles. The monoisotopic (exact) mass is 306 g/mol. The summed E-state index contributed by atoms with van der Waals surface area (Å²) >= 11 is 0. The summed E-state index contributed by atoms with van der Waals surface area (Å²) in [6.07, 6.45) is 0.902. The molecule has 4 N–H and O–H groups in total. The van der Waals surface area contributed by atoms with Crippen molar-refractivity contribution in [2.24, 2.45) is 5.84 Å². The van der Waals surface area contributed by atoms with Crippen molar-refractivity contribution in [3.63, 3.8) is 0 Å². The predicted molar refractivity (Wildman–Crippen MR) is 82.3 cm³/mol. The molecule has 2 rings (SSSR count). The summed E-state index contributed by atoms with van der Waals surface area (Å²) in [6.45, 7) is 5.07. The molecule has 2 amide bonds. The molecule has 1 fully saturated rings. The van der Waals surface area contributed by atoms with Gasteiger partial charge in [0.2, 0.25) is 0 Å². The summed E-state index contributed by atoms with van der Waals surface area (Å²) in [6, 6.07) is 6.37. The number of hydrogen-bond donors (Lipinski definition) is 3. The second kappa shape index (κ2) is 8.47. The lowest BCUT2D eigenvalue weighted by molar-refractivity contribution is 0.0374. The predicted octanol–water partition coefficient (Wildman–Crippen LogP) is -0.258. The Bertz CT molecular complexity index is 498. The van der Waals surface area contributed by atoms with Crippen molar-refractivity contribution in [2.75, 3.05) is 39.4 Å². The van der Waals surface area contributed by atoms with E-state index in [0.29, 0.717) is 17.7 Å². The summed E-state index contributed by atoms with van der Waals surface area (Å²) in [5.41, 5.74) is 3.00. The Hall–Kier alpha value is -1.96. The number of nitrogens with one attached hydrogen (secondary N) is 2. The Morgan fingerprint density at radius 2 is 1.68 bits per heavy atom. The van der Waals surface area contributed by atoms with Gasteiger partial charge in [-0.2, -0.15) is 0 Å². The highest BCUT2D eigenvalue weighted by atomic mass is 16.5. The fourth-order valence-corrected chi connectivity index (χ4v) is 2.29. The number of rotatable bonds is 6. The number of benzene rings is 1. The fourth-order valence-electron chi connectivity index (χ4n) is 2.29. The van der Waals surface area contributed by atoms with E-state index in [9.17, 15) is 9.59 Å². The van der Waals surface area contributed by atoms with E-state index in [1.807, 2.05) is 5.43 Å². The van der Waals surface area contributed by atoms with Gasteiger partial charge in [-0.05, 0) is 37.2 Å². The third-order valence-electron chi connectivity index (χ3n) is 3.58. The van der Waals surface area contributed by atoms with Crippen LogP contribution in [0, 0.1) is 0 Å². The minimum Gasteiger partial charge on any atom is -0.379 e. The first-order valence-electron chi connectivity index (χ1n) is 7.40. The van der Waals surface area contributed by atoms with Crippen LogP contribution >= 0.6 is 0 Å². The van der Waals surface area contributed by atoms with Gasteiger partial charge in [0.1, 0.15) is 0 Å². The van der Waals surface area contributed by atoms with Crippen LogP contribution in [0.4, 0.5) is 0 Å². The Kier molecular flexibility index (Phi) is 6.32. The first kappa shape index (κ1) is 16.4. The number of nitrogens with zero attached hydrogens (tertiary/aromatic N) is 1. The molecule has 0 atom stereocenters. The first-order valence-corrected chi connectivity index (χ1v) is 7.40. The molecule has 120 valence electrons. The lowest BCUT2D eigenvalue weighted by Crippen LogP contribution is -2.38. The normalized spacial score (nSPS) is 15.3. The van der Waals surface area contributed by atoms with E-state index in [2.05, 4.69) is 10.2 Å². The highest BCUT2D eigenvalue weighted by molar-refractivity contribution is 5.97. The summed E-state index contributed by atoms with van der Waals surface area (Å²) in [5.74, 6) is 4.54. The molecular weight excluding hydrogens is 284 g/mol. The molecule has 0 aromatic heterocycles. The first-order chi connectivity index (χ1) is 10.7. The van der Waals surface area contributed by atoms with Gasteiger partial charge in [-0.3, -0.25) is 19.9 Å². The molecule has 22 heavy (non-hydrogen) atoms. The molecule has 0 spiro atoms. The van der Waals surface area contributed by atoms with Gasteiger partial charge >= 0.3 is 0 Å². The van der Waals surface area contributed by atoms with Crippen molar-refractivity contribution in [1.29, 1.82) is 0 Å². The number of amides is 2. The molecule has 7 nitrogen and oxygen atoms in total. The number of hydrogen-bond acceptors (Lipinski definition) is 5. The molecular formula is C15H22N4O3. The summed E-state index contributed by atoms with van der Waals surface area (Å²) in [4.78, 5) is 25.6. The van der Waals surface area contributed by atoms with Crippen molar-refractivity contribution in [2.45, 2.75) is 6.42 Å². The molecule has 0 unspecified atom stereocenters. The van der Waals surface area contributed by atoms with Gasteiger partial charge in [-0.15, -0.1) is 0 Å². The number of carbonyl (C=O) groups is 2. The minimum atomic E-state index is -0.377. The number of ether oxygens (including phenoxy) is 1. The zero-order valence-corrected chi connectivity index (χ0v) is 12.5. The van der Waals surface area contributed by atoms with E-state index < -0.39 is 0 Å². The van der Waals surface area contributed by atoms with Crippen LogP contribution in [0.2, 0.25) is 0 Å². The average Bonchev–Trinajstić information content (AvgIpc) is 2.59. The topological polar surface area (TPSA) is 96.7 Å². The summed E-state index contributed by atoms with van der Waals surface area (Å²) in [5, 5.41) is 2.88. The quantitative estimate of drug-likeness (QED) is 0.291. The van der Waals surface area contributed by atoms with E-state index in [4.69, 9.17) is 10.6 Å². The van der Waals surface area contributed by atoms with Gasteiger partial charge in [0, 0.05) is 30.8 Å². The molecule has 1 aliphatic rings. The standard InChI is InChI=1S/C15H22N4O3/c16-18-15(21)13-4-2-12(3-5-13)14(20)17-6-1-7-19-8-10-22-11-9-19/h2-5H,1,6-11,16H2,(H,17,20)(H,18,21). The third kappa shape index (κ3) is 4.80. The maximum Gasteiger partial charge on any atom is 0.265 e. The van der Waals surface area contributed by atoms with Gasteiger partial charge in [0.05, 0.1) is 13.2 Å². The van der Waals surface area contributed by atoms with Crippen LogP contribution in [-0.4, -0.2) is 56.1 Å². The molecule has 1 aromatic carbocycles. The molecule has 1 aliphatic heterocycles. The number of nitrogens with two attached hydrogens (primary N) is 1. The Balaban J connectivity index is 1.71. The van der Waals surface area contributed by atoms with Crippen LogP contribution in [-0.2, 0) is 4.74 Å². The van der Waals surface area contributed by atoms with Gasteiger partial charge in [-0.25, -0.2) is 5.84 Å². The summed E-state index contributed by atoms with van der Waals surface area (Å²) < 4.78 is 5.29. The highest BCUT2D eigenvalue weighted by Crippen LogP contribution is 2.04. The van der Waals surface area contributed by atoms with Crippen LogP contribution in [0.1, 0.15) is 27.1 Å². The van der Waals surface area contributed by atoms with E-state index >= 15 is 0 Å². The van der Waals surface area contributed by atoms with Crippen molar-refractivity contribution < 1.29 is 14.3 Å². The Morgan fingerprint density at radius 1 is 1.09 bits per heavy atom. The Morgan fingerprint density at radius 3 is 2.27 bits per heavy atom. The minimum absolute atomic E-state index is 0.137. The van der Waals surface area contributed by atoms with Crippen molar-refractivity contribution in [3.05, 3.63) is 35.4 Å². The van der Waals surface area contributed by atoms with Gasteiger partial charge < -0.3 is 10.1 Å². The van der Waals surface area contributed by atoms with Crippen molar-refractivity contribution in [3.8, 4) is 0 Å². The summed E-state index contributed by atoms with van der Waals surface area (Å²) in [7, 11) is 0. The molecule has 1 aromatic rings. The van der Waals surface area contributed by atoms with E-state index in [1.54, 1.807) is 24.3 Å². The van der Waals surface area contributed by atoms with E-state index in [1.165, 1.54) is 0 Å². The van der Waals surface area contributed by atoms with E-state index in [0.717, 1.165) is 39.3 Å². The average molecular weight is 306 g/mol. The molecule has 0 radical (unpaired) electrons. The highest BCUT2D eigenvalue weighted by Gasteiger charge is 2.10. The molecule has 1 saturated heterocycles. The van der Waals surface area contributed by atoms with Gasteiger partial charge in [0.15, 0.2) is 0 Å². The van der Waals surface area contributed by atoms with Crippen molar-refractivity contribution in [1.82, 2.24) is 15.6 Å². The second-order valence-corrected chi connectivity index (χ2v) is 5.11. The number of morpholine rings is 1. The molecule has 0 bridgehead atoms. The van der Waals surface area contributed by atoms with E-state index in [-0.39, 0.29) is 11.8 Å². The van der Waals surface area contributed by atoms with Gasteiger partial charge in [0.25, 0.3) is 11.8 Å². The zero-order valence-electron chi connectivity index (χ0n) is 12.5. The second-order valence-electron chi connectivity index (χ2n) is 5.11. The maximum atomic E-state index is 12.0. The number of hydrazine groups is 1. The smallest absolute Gasteiger partial charge is 0.265 e. The largest absolute Gasteiger partial charge is 0.379 e. The zero-order chi connectivity index (χ0) is 15.8. The van der Waals surface area contributed by atoms with Crippen LogP contribution in [0.15, 0.2) is 24.3 Å². The molecule has 0 saturated carbocycles. The van der Waals surface area contributed by atoms with Crippen molar-refractivity contribution >= 4 is 11.8 Å². The lowest BCUT2D eigenvalue weighted by Gasteiger charge is -2.26. The lowest BCUT2D eigenvalue weighted by atomic mass is 10.1. The third-order valence-corrected chi connectivity index (χ3v) is 3.58. The van der Waals surface area contributed by atoms with Crippen LogP contribution < -0.4 is 16.6 Å². The fraction of sp³-hybridized carbons (Fsp3) is 0.467. The SMILES string of the molecule is NNC(=O)c1ccc(C(=O)NCCCN2CCOCC2)cc1. The van der Waals surface area contributed by atoms with Crippen LogP contribution in [0.3, 0.4) is 0 Å². The molecule has 0 aliphatic carbocycles. The number of nitrogen functional groups attached to an aromatic ring is 1. The molecule has 7 heteroatoms. The maximum absolute atomic E-state index is 12.0. The number of carbonyl (C=O) groups excluding carboxylic acids is 2. The van der Waals surface area contributed by atoms with Gasteiger partial charge in [-0.1, -0.05) is 0 Å².